The van der Waals surface area contributed by atoms with E-state index in [4.69, 9.17) is 11.6 Å². The quantitative estimate of drug-likeness (QED) is 0.456. The topological polar surface area (TPSA) is 41.5 Å². The van der Waals surface area contributed by atoms with Crippen LogP contribution in [0.2, 0.25) is 5.02 Å². The maximum absolute atomic E-state index is 12.5. The zero-order valence-electron chi connectivity index (χ0n) is 13.1. The number of carbonyl (C=O) groups excluding carboxylic acids is 1. The molecule has 0 saturated carbocycles. The number of halogens is 4. The van der Waals surface area contributed by atoms with E-state index in [-0.39, 0.29) is 12.3 Å². The van der Waals surface area contributed by atoms with Gasteiger partial charge in [0.15, 0.2) is 0 Å². The van der Waals surface area contributed by atoms with Crippen LogP contribution in [0, 0.1) is 0 Å². The number of nitrogens with one attached hydrogen (secondary N) is 1. The van der Waals surface area contributed by atoms with Crippen LogP contribution in [0.15, 0.2) is 52.5 Å². The van der Waals surface area contributed by atoms with Crippen molar-refractivity contribution >= 4 is 35.5 Å². The lowest BCUT2D eigenvalue weighted by Gasteiger charge is -2.07. The number of thioether (sulfide) groups is 1. The second-order valence-corrected chi connectivity index (χ2v) is 6.33. The maximum atomic E-state index is 12.5. The molecule has 0 spiro atoms. The van der Waals surface area contributed by atoms with Crippen molar-refractivity contribution in [2.24, 2.45) is 5.10 Å². The molecule has 25 heavy (non-hydrogen) atoms. The fourth-order valence-electron chi connectivity index (χ4n) is 2.03. The highest BCUT2D eigenvalue weighted by atomic mass is 35.5. The molecule has 0 bridgehead atoms. The highest BCUT2D eigenvalue weighted by molar-refractivity contribution is 7.98. The monoisotopic (exact) mass is 386 g/mol. The molecule has 0 heterocycles. The molecular formula is C17H14ClF3N2OS. The maximum Gasteiger partial charge on any atom is 0.416 e. The van der Waals surface area contributed by atoms with E-state index in [0.717, 1.165) is 22.6 Å². The molecule has 2 rings (SSSR count). The molecule has 0 aliphatic rings. The summed E-state index contributed by atoms with van der Waals surface area (Å²) >= 11 is 7.44. The summed E-state index contributed by atoms with van der Waals surface area (Å²) in [5.74, 6) is -0.347. The number of rotatable bonds is 5. The van der Waals surface area contributed by atoms with Crippen molar-refractivity contribution in [1.82, 2.24) is 5.43 Å². The minimum atomic E-state index is -4.38. The number of hydrazone groups is 1. The lowest BCUT2D eigenvalue weighted by molar-refractivity contribution is -0.137. The summed E-state index contributed by atoms with van der Waals surface area (Å²) in [4.78, 5) is 12.9. The Morgan fingerprint density at radius 3 is 2.52 bits per heavy atom. The normalized spacial score (nSPS) is 11.7. The minimum Gasteiger partial charge on any atom is -0.273 e. The number of hydrogen-bond donors (Lipinski definition) is 1. The molecule has 0 atom stereocenters. The first-order valence-electron chi connectivity index (χ1n) is 7.11. The Morgan fingerprint density at radius 2 is 1.92 bits per heavy atom. The number of alkyl halides is 3. The summed E-state index contributed by atoms with van der Waals surface area (Å²) in [6, 6.07) is 9.77. The number of carbonyl (C=O) groups is 1. The van der Waals surface area contributed by atoms with Gasteiger partial charge in [0.1, 0.15) is 0 Å². The standard InChI is InChI=1S/C17H14ClF3N2OS/c1-25-15-7-6-14(18)8-12(15)9-16(24)23-22-10-11-2-4-13(5-3-11)17(19,20)21/h2-8,10H,9H2,1H3,(H,23,24)/b22-10-. The van der Waals surface area contributed by atoms with Gasteiger partial charge < -0.3 is 0 Å². The van der Waals surface area contributed by atoms with Gasteiger partial charge in [0.2, 0.25) is 5.91 Å². The zero-order valence-corrected chi connectivity index (χ0v) is 14.7. The molecule has 1 N–H and O–H groups in total. The van der Waals surface area contributed by atoms with E-state index >= 15 is 0 Å². The fraction of sp³-hybridized carbons (Fsp3) is 0.176. The van der Waals surface area contributed by atoms with E-state index in [2.05, 4.69) is 10.5 Å². The average Bonchev–Trinajstić information content (AvgIpc) is 2.55. The largest absolute Gasteiger partial charge is 0.416 e. The predicted octanol–water partition coefficient (Wildman–Crippen LogP) is 4.77. The number of benzene rings is 2. The number of amides is 1. The van der Waals surface area contributed by atoms with Crippen LogP contribution in [0.3, 0.4) is 0 Å². The summed E-state index contributed by atoms with van der Waals surface area (Å²) in [6.45, 7) is 0. The van der Waals surface area contributed by atoms with Crippen LogP contribution in [-0.4, -0.2) is 18.4 Å². The van der Waals surface area contributed by atoms with Gasteiger partial charge in [-0.25, -0.2) is 5.43 Å². The first-order valence-corrected chi connectivity index (χ1v) is 8.71. The molecule has 2 aromatic rings. The van der Waals surface area contributed by atoms with Gasteiger partial charge in [0, 0.05) is 9.92 Å². The Bertz CT molecular complexity index is 776. The smallest absolute Gasteiger partial charge is 0.273 e. The first-order chi connectivity index (χ1) is 11.8. The summed E-state index contributed by atoms with van der Waals surface area (Å²) < 4.78 is 37.4. The summed E-state index contributed by atoms with van der Waals surface area (Å²) in [5, 5.41) is 4.30. The second kappa shape index (κ2) is 8.40. The molecule has 0 radical (unpaired) electrons. The van der Waals surface area contributed by atoms with Gasteiger partial charge >= 0.3 is 6.18 Å². The Labute approximate surface area is 152 Å². The Balaban J connectivity index is 1.96. The molecule has 1 amide bonds. The van der Waals surface area contributed by atoms with Gasteiger partial charge in [-0.3, -0.25) is 4.79 Å². The van der Waals surface area contributed by atoms with Crippen molar-refractivity contribution in [2.75, 3.05) is 6.26 Å². The van der Waals surface area contributed by atoms with E-state index in [1.54, 1.807) is 12.1 Å². The third kappa shape index (κ3) is 5.79. The average molecular weight is 387 g/mol. The molecule has 0 aliphatic carbocycles. The molecule has 0 unspecified atom stereocenters. The molecule has 2 aromatic carbocycles. The fourth-order valence-corrected chi connectivity index (χ4v) is 2.83. The van der Waals surface area contributed by atoms with Crippen LogP contribution in [-0.2, 0) is 17.4 Å². The first kappa shape index (κ1) is 19.3. The van der Waals surface area contributed by atoms with Crippen LogP contribution in [0.5, 0.6) is 0 Å². The van der Waals surface area contributed by atoms with E-state index in [9.17, 15) is 18.0 Å². The van der Waals surface area contributed by atoms with Gasteiger partial charge in [0.25, 0.3) is 0 Å². The molecule has 8 heteroatoms. The van der Waals surface area contributed by atoms with E-state index < -0.39 is 11.7 Å². The lowest BCUT2D eigenvalue weighted by Crippen LogP contribution is -2.20. The van der Waals surface area contributed by atoms with Gasteiger partial charge in [-0.05, 0) is 47.7 Å². The molecule has 0 aliphatic heterocycles. The molecule has 0 aromatic heterocycles. The highest BCUT2D eigenvalue weighted by Gasteiger charge is 2.29. The Morgan fingerprint density at radius 1 is 1.24 bits per heavy atom. The molecule has 3 nitrogen and oxygen atoms in total. The molecule has 0 saturated heterocycles. The molecule has 0 fully saturated rings. The van der Waals surface area contributed by atoms with Crippen molar-refractivity contribution in [3.05, 3.63) is 64.2 Å². The summed E-state index contributed by atoms with van der Waals surface area (Å²) in [5.41, 5.74) is 2.84. The third-order valence-corrected chi connectivity index (χ3v) is 4.31. The molecule has 132 valence electrons. The predicted molar refractivity (Wildman–Crippen MR) is 94.1 cm³/mol. The van der Waals surface area contributed by atoms with E-state index in [1.165, 1.54) is 30.1 Å². The van der Waals surface area contributed by atoms with Crippen LogP contribution < -0.4 is 5.43 Å². The highest BCUT2D eigenvalue weighted by Crippen LogP contribution is 2.29. The number of nitrogens with zero attached hydrogens (tertiary/aromatic N) is 1. The van der Waals surface area contributed by atoms with E-state index in [0.29, 0.717) is 10.6 Å². The van der Waals surface area contributed by atoms with Crippen molar-refractivity contribution in [3.63, 3.8) is 0 Å². The van der Waals surface area contributed by atoms with Crippen LogP contribution in [0.4, 0.5) is 13.2 Å². The van der Waals surface area contributed by atoms with Crippen molar-refractivity contribution in [2.45, 2.75) is 17.5 Å². The Hall–Kier alpha value is -1.99. The third-order valence-electron chi connectivity index (χ3n) is 3.23. The van der Waals surface area contributed by atoms with Gasteiger partial charge in [0.05, 0.1) is 18.2 Å². The van der Waals surface area contributed by atoms with E-state index in [1.807, 2.05) is 12.3 Å². The van der Waals surface area contributed by atoms with Crippen LogP contribution >= 0.6 is 23.4 Å². The SMILES string of the molecule is CSc1ccc(Cl)cc1CC(=O)N/N=C\c1ccc(C(F)(F)F)cc1. The lowest BCUT2D eigenvalue weighted by atomic mass is 10.1. The zero-order chi connectivity index (χ0) is 18.4. The second-order valence-electron chi connectivity index (χ2n) is 5.05. The van der Waals surface area contributed by atoms with Crippen molar-refractivity contribution < 1.29 is 18.0 Å². The van der Waals surface area contributed by atoms with Crippen LogP contribution in [0.25, 0.3) is 0 Å². The van der Waals surface area contributed by atoms with Crippen LogP contribution in [0.1, 0.15) is 16.7 Å². The molecular weight excluding hydrogens is 373 g/mol. The summed E-state index contributed by atoms with van der Waals surface area (Å²) in [7, 11) is 0. The van der Waals surface area contributed by atoms with Gasteiger partial charge in [-0.1, -0.05) is 23.7 Å². The number of hydrogen-bond acceptors (Lipinski definition) is 3. The van der Waals surface area contributed by atoms with Crippen molar-refractivity contribution in [3.8, 4) is 0 Å². The summed E-state index contributed by atoms with van der Waals surface area (Å²) in [6.07, 6.45) is -1.10. The van der Waals surface area contributed by atoms with Gasteiger partial charge in [-0.15, -0.1) is 11.8 Å². The van der Waals surface area contributed by atoms with Gasteiger partial charge in [-0.2, -0.15) is 18.3 Å². The minimum absolute atomic E-state index is 0.0983. The van der Waals surface area contributed by atoms with Crippen molar-refractivity contribution in [1.29, 1.82) is 0 Å². The Kier molecular flexibility index (Phi) is 6.50.